The number of ether oxygens (including phenoxy) is 1. The predicted octanol–water partition coefficient (Wildman–Crippen LogP) is 3.84. The summed E-state index contributed by atoms with van der Waals surface area (Å²) >= 11 is 0. The number of nitrogens with one attached hydrogen (secondary N) is 1. The van der Waals surface area contributed by atoms with Crippen LogP contribution in [-0.4, -0.2) is 24.5 Å². The number of benzene rings is 2. The monoisotopic (exact) mass is 352 g/mol. The molecule has 1 aliphatic rings. The standard InChI is InChI=1S/C21H24N2O3/c1-14-11-15(2)13-19(12-14)26-16(3)21(25)22-17-6-8-18(9-7-17)23-10-4-5-20(23)24/h6-9,11-13,16H,4-5,10H2,1-3H3,(H,22,25)/t16-/m1/s1. The van der Waals surface area contributed by atoms with Gasteiger partial charge in [-0.15, -0.1) is 0 Å². The van der Waals surface area contributed by atoms with E-state index in [0.717, 1.165) is 29.8 Å². The lowest BCUT2D eigenvalue weighted by molar-refractivity contribution is -0.122. The van der Waals surface area contributed by atoms with Crippen LogP contribution in [0.15, 0.2) is 42.5 Å². The van der Waals surface area contributed by atoms with Crippen LogP contribution in [0.3, 0.4) is 0 Å². The molecular formula is C21H24N2O3. The van der Waals surface area contributed by atoms with E-state index >= 15 is 0 Å². The van der Waals surface area contributed by atoms with Gasteiger partial charge in [0.25, 0.3) is 5.91 Å². The maximum absolute atomic E-state index is 12.4. The van der Waals surface area contributed by atoms with Crippen LogP contribution in [0.4, 0.5) is 11.4 Å². The van der Waals surface area contributed by atoms with Gasteiger partial charge in [-0.25, -0.2) is 0 Å². The third-order valence-corrected chi connectivity index (χ3v) is 4.40. The average Bonchev–Trinajstić information content (AvgIpc) is 3.00. The number of amides is 2. The second-order valence-corrected chi connectivity index (χ2v) is 6.77. The molecule has 0 bridgehead atoms. The Balaban J connectivity index is 1.61. The third-order valence-electron chi connectivity index (χ3n) is 4.40. The summed E-state index contributed by atoms with van der Waals surface area (Å²) in [4.78, 5) is 25.9. The van der Waals surface area contributed by atoms with Crippen LogP contribution in [0.5, 0.6) is 5.75 Å². The van der Waals surface area contributed by atoms with Crippen molar-refractivity contribution in [2.45, 2.75) is 39.7 Å². The summed E-state index contributed by atoms with van der Waals surface area (Å²) < 4.78 is 5.76. The van der Waals surface area contributed by atoms with E-state index in [0.29, 0.717) is 17.9 Å². The van der Waals surface area contributed by atoms with Crippen molar-refractivity contribution in [1.82, 2.24) is 0 Å². The van der Waals surface area contributed by atoms with Crippen molar-refractivity contribution < 1.29 is 14.3 Å². The fraction of sp³-hybridized carbons (Fsp3) is 0.333. The van der Waals surface area contributed by atoms with E-state index < -0.39 is 6.10 Å². The van der Waals surface area contributed by atoms with Crippen LogP contribution in [0.1, 0.15) is 30.9 Å². The summed E-state index contributed by atoms with van der Waals surface area (Å²) in [7, 11) is 0. The highest BCUT2D eigenvalue weighted by atomic mass is 16.5. The molecule has 1 atom stereocenters. The summed E-state index contributed by atoms with van der Waals surface area (Å²) in [6.45, 7) is 6.48. The number of carbonyl (C=O) groups excluding carboxylic acids is 2. The Morgan fingerprint density at radius 2 is 1.77 bits per heavy atom. The second kappa shape index (κ2) is 7.60. The zero-order valence-corrected chi connectivity index (χ0v) is 15.4. The van der Waals surface area contributed by atoms with Gasteiger partial charge in [-0.1, -0.05) is 6.07 Å². The molecule has 1 fully saturated rings. The fourth-order valence-electron chi connectivity index (χ4n) is 3.15. The minimum Gasteiger partial charge on any atom is -0.481 e. The van der Waals surface area contributed by atoms with Crippen LogP contribution in [0, 0.1) is 13.8 Å². The summed E-state index contributed by atoms with van der Waals surface area (Å²) in [6.07, 6.45) is 0.882. The first-order valence-electron chi connectivity index (χ1n) is 8.88. The minimum atomic E-state index is -0.615. The van der Waals surface area contributed by atoms with E-state index in [4.69, 9.17) is 4.74 Å². The lowest BCUT2D eigenvalue weighted by Crippen LogP contribution is -2.30. The van der Waals surface area contributed by atoms with Gasteiger partial charge in [-0.05, 0) is 74.7 Å². The minimum absolute atomic E-state index is 0.150. The maximum atomic E-state index is 12.4. The quantitative estimate of drug-likeness (QED) is 0.889. The van der Waals surface area contributed by atoms with Crippen LogP contribution < -0.4 is 15.0 Å². The molecule has 3 rings (SSSR count). The van der Waals surface area contributed by atoms with Gasteiger partial charge in [0.1, 0.15) is 5.75 Å². The van der Waals surface area contributed by atoms with Crippen molar-refractivity contribution in [3.8, 4) is 5.75 Å². The normalized spacial score (nSPS) is 15.0. The van der Waals surface area contributed by atoms with E-state index in [1.807, 2.05) is 50.2 Å². The topological polar surface area (TPSA) is 58.6 Å². The Morgan fingerprint density at radius 3 is 2.35 bits per heavy atom. The molecule has 2 amide bonds. The molecule has 0 aliphatic carbocycles. The molecule has 0 unspecified atom stereocenters. The molecule has 2 aromatic carbocycles. The van der Waals surface area contributed by atoms with Gasteiger partial charge < -0.3 is 15.0 Å². The van der Waals surface area contributed by atoms with E-state index in [-0.39, 0.29) is 11.8 Å². The van der Waals surface area contributed by atoms with Gasteiger partial charge in [0.05, 0.1) is 0 Å². The molecule has 0 radical (unpaired) electrons. The first-order chi connectivity index (χ1) is 12.4. The van der Waals surface area contributed by atoms with Gasteiger partial charge in [-0.2, -0.15) is 0 Å². The number of anilines is 2. The van der Waals surface area contributed by atoms with E-state index in [1.165, 1.54) is 0 Å². The van der Waals surface area contributed by atoms with Gasteiger partial charge >= 0.3 is 0 Å². The highest BCUT2D eigenvalue weighted by Crippen LogP contribution is 2.23. The van der Waals surface area contributed by atoms with Crippen molar-refractivity contribution in [2.75, 3.05) is 16.8 Å². The molecule has 1 saturated heterocycles. The molecule has 1 aliphatic heterocycles. The zero-order valence-electron chi connectivity index (χ0n) is 15.4. The van der Waals surface area contributed by atoms with Crippen molar-refractivity contribution in [3.63, 3.8) is 0 Å². The summed E-state index contributed by atoms with van der Waals surface area (Å²) in [5, 5.41) is 2.85. The van der Waals surface area contributed by atoms with Gasteiger partial charge in [-0.3, -0.25) is 9.59 Å². The van der Waals surface area contributed by atoms with Crippen LogP contribution in [-0.2, 0) is 9.59 Å². The average molecular weight is 352 g/mol. The maximum Gasteiger partial charge on any atom is 0.265 e. The number of hydrogen-bond donors (Lipinski definition) is 1. The molecule has 1 N–H and O–H groups in total. The largest absolute Gasteiger partial charge is 0.481 e. The fourth-order valence-corrected chi connectivity index (χ4v) is 3.15. The molecular weight excluding hydrogens is 328 g/mol. The number of aryl methyl sites for hydroxylation is 2. The van der Waals surface area contributed by atoms with Gasteiger partial charge in [0.2, 0.25) is 5.91 Å². The zero-order chi connectivity index (χ0) is 18.7. The van der Waals surface area contributed by atoms with E-state index in [9.17, 15) is 9.59 Å². The lowest BCUT2D eigenvalue weighted by atomic mass is 10.1. The Hall–Kier alpha value is -2.82. The third kappa shape index (κ3) is 4.23. The van der Waals surface area contributed by atoms with Crippen LogP contribution >= 0.6 is 0 Å². The Kier molecular flexibility index (Phi) is 5.26. The molecule has 0 spiro atoms. The number of rotatable bonds is 5. The van der Waals surface area contributed by atoms with E-state index in [2.05, 4.69) is 11.4 Å². The smallest absolute Gasteiger partial charge is 0.265 e. The molecule has 0 saturated carbocycles. The molecule has 0 aromatic heterocycles. The summed E-state index contributed by atoms with van der Waals surface area (Å²) in [5.74, 6) is 0.624. The Bertz CT molecular complexity index is 794. The molecule has 136 valence electrons. The number of hydrogen-bond acceptors (Lipinski definition) is 3. The predicted molar refractivity (Wildman–Crippen MR) is 103 cm³/mol. The second-order valence-electron chi connectivity index (χ2n) is 6.77. The number of nitrogens with zero attached hydrogens (tertiary/aromatic N) is 1. The highest BCUT2D eigenvalue weighted by Gasteiger charge is 2.21. The molecule has 5 heteroatoms. The SMILES string of the molecule is Cc1cc(C)cc(O[C@H](C)C(=O)Nc2ccc(N3CCCC3=O)cc2)c1. The number of carbonyl (C=O) groups is 2. The van der Waals surface area contributed by atoms with Gasteiger partial charge in [0, 0.05) is 24.3 Å². The first kappa shape index (κ1) is 18.0. The van der Waals surface area contributed by atoms with Gasteiger partial charge in [0.15, 0.2) is 6.10 Å². The molecule has 5 nitrogen and oxygen atoms in total. The highest BCUT2D eigenvalue weighted by molar-refractivity contribution is 5.96. The van der Waals surface area contributed by atoms with Crippen molar-refractivity contribution in [3.05, 3.63) is 53.6 Å². The van der Waals surface area contributed by atoms with E-state index in [1.54, 1.807) is 11.8 Å². The van der Waals surface area contributed by atoms with Crippen LogP contribution in [0.25, 0.3) is 0 Å². The first-order valence-corrected chi connectivity index (χ1v) is 8.88. The molecule has 2 aromatic rings. The molecule has 1 heterocycles. The van der Waals surface area contributed by atoms with Crippen LogP contribution in [0.2, 0.25) is 0 Å². The Labute approximate surface area is 154 Å². The summed E-state index contributed by atoms with van der Waals surface area (Å²) in [6, 6.07) is 13.2. The van der Waals surface area contributed by atoms with Crippen molar-refractivity contribution in [1.29, 1.82) is 0 Å². The van der Waals surface area contributed by atoms with Crippen molar-refractivity contribution in [2.24, 2.45) is 0 Å². The van der Waals surface area contributed by atoms with Crippen molar-refractivity contribution >= 4 is 23.2 Å². The summed E-state index contributed by atoms with van der Waals surface area (Å²) in [5.41, 5.74) is 3.74. The Morgan fingerprint density at radius 1 is 1.12 bits per heavy atom. The lowest BCUT2D eigenvalue weighted by Gasteiger charge is -2.17. The molecule has 26 heavy (non-hydrogen) atoms.